The monoisotopic (exact) mass is 393 g/mol. The van der Waals surface area contributed by atoms with Crippen LogP contribution in [-0.2, 0) is 0 Å². The van der Waals surface area contributed by atoms with Crippen LogP contribution >= 0.6 is 0 Å². The summed E-state index contributed by atoms with van der Waals surface area (Å²) in [4.78, 5) is 18.9. The molecule has 2 aromatic heterocycles. The Labute approximate surface area is 171 Å². The van der Waals surface area contributed by atoms with Crippen molar-refractivity contribution in [1.82, 2.24) is 19.9 Å². The molecule has 7 nitrogen and oxygen atoms in total. The lowest BCUT2D eigenvalue weighted by molar-refractivity contribution is 0.209. The Hall–Kier alpha value is -2.93. The molecule has 152 valence electrons. The van der Waals surface area contributed by atoms with E-state index in [1.165, 1.54) is 0 Å². The Morgan fingerprint density at radius 1 is 0.966 bits per heavy atom. The molecule has 0 atom stereocenters. The zero-order valence-corrected chi connectivity index (χ0v) is 17.4. The van der Waals surface area contributed by atoms with Gasteiger partial charge in [0.15, 0.2) is 5.82 Å². The van der Waals surface area contributed by atoms with Crippen molar-refractivity contribution in [3.05, 3.63) is 36.5 Å². The lowest BCUT2D eigenvalue weighted by atomic mass is 10.2. The maximum atomic E-state index is 5.45. The van der Waals surface area contributed by atoms with Gasteiger partial charge in [0.1, 0.15) is 23.0 Å². The molecule has 0 bridgehead atoms. The van der Waals surface area contributed by atoms with E-state index in [9.17, 15) is 0 Å². The largest absolute Gasteiger partial charge is 0.497 e. The summed E-state index contributed by atoms with van der Waals surface area (Å²) in [7, 11) is 3.26. The molecule has 1 saturated heterocycles. The van der Waals surface area contributed by atoms with E-state index in [0.717, 1.165) is 48.6 Å². The predicted molar refractivity (Wildman–Crippen MR) is 115 cm³/mol. The smallest absolute Gasteiger partial charge is 0.178 e. The van der Waals surface area contributed by atoms with Crippen LogP contribution in [0.1, 0.15) is 13.8 Å². The Bertz CT molecular complexity index is 1000. The summed E-state index contributed by atoms with van der Waals surface area (Å²) < 4.78 is 10.8. The zero-order chi connectivity index (χ0) is 20.4. The number of hydrogen-bond acceptors (Lipinski definition) is 7. The highest BCUT2D eigenvalue weighted by atomic mass is 16.5. The summed E-state index contributed by atoms with van der Waals surface area (Å²) in [5.41, 5.74) is 1.53. The van der Waals surface area contributed by atoms with Crippen LogP contribution in [0, 0.1) is 0 Å². The summed E-state index contributed by atoms with van der Waals surface area (Å²) in [6.07, 6.45) is 1.78. The Morgan fingerprint density at radius 2 is 1.76 bits per heavy atom. The number of rotatable bonds is 5. The molecule has 1 fully saturated rings. The van der Waals surface area contributed by atoms with Gasteiger partial charge in [0.25, 0.3) is 0 Å². The quantitative estimate of drug-likeness (QED) is 0.659. The van der Waals surface area contributed by atoms with Gasteiger partial charge in [-0.15, -0.1) is 0 Å². The third kappa shape index (κ3) is 3.96. The molecule has 3 heterocycles. The molecule has 29 heavy (non-hydrogen) atoms. The number of aromatic nitrogens is 3. The van der Waals surface area contributed by atoms with E-state index < -0.39 is 0 Å². The van der Waals surface area contributed by atoms with Crippen molar-refractivity contribution in [1.29, 1.82) is 0 Å². The fraction of sp³-hybridized carbons (Fsp3) is 0.409. The fourth-order valence-corrected chi connectivity index (χ4v) is 3.68. The van der Waals surface area contributed by atoms with Crippen LogP contribution in [0.15, 0.2) is 36.5 Å². The average molecular weight is 393 g/mol. The van der Waals surface area contributed by atoms with Gasteiger partial charge in [0, 0.05) is 50.6 Å². The minimum absolute atomic E-state index is 0.580. The molecule has 0 aliphatic carbocycles. The number of benzene rings is 1. The van der Waals surface area contributed by atoms with Crippen LogP contribution < -0.4 is 14.4 Å². The lowest BCUT2D eigenvalue weighted by Gasteiger charge is -2.37. The molecular formula is C22H27N5O2. The summed E-state index contributed by atoms with van der Waals surface area (Å²) in [6.45, 7) is 8.54. The second-order valence-corrected chi connectivity index (χ2v) is 7.45. The molecule has 0 N–H and O–H groups in total. The topological polar surface area (TPSA) is 63.6 Å². The summed E-state index contributed by atoms with van der Waals surface area (Å²) in [5, 5.41) is 0.845. The van der Waals surface area contributed by atoms with Gasteiger partial charge < -0.3 is 14.4 Å². The van der Waals surface area contributed by atoms with Crippen LogP contribution in [0.25, 0.3) is 22.4 Å². The molecule has 1 aromatic carbocycles. The van der Waals surface area contributed by atoms with Crippen molar-refractivity contribution >= 4 is 16.7 Å². The Morgan fingerprint density at radius 3 is 2.45 bits per heavy atom. The van der Waals surface area contributed by atoms with Gasteiger partial charge >= 0.3 is 0 Å². The number of methoxy groups -OCH3 is 2. The van der Waals surface area contributed by atoms with Gasteiger partial charge in [0.05, 0.1) is 25.1 Å². The number of fused-ring (bicyclic) bond motifs is 1. The van der Waals surface area contributed by atoms with E-state index in [2.05, 4.69) is 34.7 Å². The number of anilines is 1. The molecule has 0 amide bonds. The molecule has 1 aliphatic heterocycles. The maximum Gasteiger partial charge on any atom is 0.178 e. The van der Waals surface area contributed by atoms with Crippen molar-refractivity contribution in [2.75, 3.05) is 45.3 Å². The van der Waals surface area contributed by atoms with Gasteiger partial charge in [-0.1, -0.05) is 6.07 Å². The number of ether oxygens (including phenoxy) is 2. The van der Waals surface area contributed by atoms with Crippen molar-refractivity contribution in [2.45, 2.75) is 19.9 Å². The molecule has 0 saturated carbocycles. The van der Waals surface area contributed by atoms with Crippen molar-refractivity contribution in [2.24, 2.45) is 0 Å². The first-order chi connectivity index (χ1) is 14.1. The lowest BCUT2D eigenvalue weighted by Crippen LogP contribution is -2.49. The van der Waals surface area contributed by atoms with E-state index >= 15 is 0 Å². The van der Waals surface area contributed by atoms with E-state index in [4.69, 9.17) is 19.4 Å². The van der Waals surface area contributed by atoms with Crippen LogP contribution in [0.5, 0.6) is 11.5 Å². The van der Waals surface area contributed by atoms with Gasteiger partial charge in [-0.05, 0) is 26.0 Å². The Balaban J connectivity index is 1.63. The molecule has 0 unspecified atom stereocenters. The Kier molecular flexibility index (Phi) is 5.49. The molecular weight excluding hydrogens is 366 g/mol. The number of piperazine rings is 1. The zero-order valence-electron chi connectivity index (χ0n) is 17.4. The number of nitrogens with zero attached hydrogens (tertiary/aromatic N) is 5. The second-order valence-electron chi connectivity index (χ2n) is 7.45. The van der Waals surface area contributed by atoms with E-state index in [-0.39, 0.29) is 0 Å². The van der Waals surface area contributed by atoms with Gasteiger partial charge in [-0.2, -0.15) is 0 Å². The van der Waals surface area contributed by atoms with E-state index in [1.807, 2.05) is 24.3 Å². The standard InChI is InChI=1S/C22H27N5O2/c1-15(2)26-8-10-27(11-9-26)21-7-5-6-18(24-21)22-23-14-17-19(25-22)12-16(28-3)13-20(17)29-4/h5-7,12-15H,8-11H2,1-4H3. The highest BCUT2D eigenvalue weighted by Gasteiger charge is 2.20. The molecule has 1 aliphatic rings. The number of hydrogen-bond donors (Lipinski definition) is 0. The second kappa shape index (κ2) is 8.21. The first kappa shape index (κ1) is 19.4. The highest BCUT2D eigenvalue weighted by molar-refractivity contribution is 5.87. The third-order valence-corrected chi connectivity index (χ3v) is 5.42. The molecule has 7 heteroatoms. The van der Waals surface area contributed by atoms with Crippen molar-refractivity contribution in [3.8, 4) is 23.0 Å². The summed E-state index contributed by atoms with van der Waals surface area (Å²) >= 11 is 0. The minimum atomic E-state index is 0.580. The van der Waals surface area contributed by atoms with Crippen LogP contribution in [0.3, 0.4) is 0 Å². The molecule has 4 rings (SSSR count). The summed E-state index contributed by atoms with van der Waals surface area (Å²) in [6, 6.07) is 10.3. The third-order valence-electron chi connectivity index (χ3n) is 5.42. The average Bonchev–Trinajstić information content (AvgIpc) is 2.78. The normalized spacial score (nSPS) is 15.1. The first-order valence-electron chi connectivity index (χ1n) is 9.94. The molecule has 3 aromatic rings. The van der Waals surface area contributed by atoms with Crippen molar-refractivity contribution in [3.63, 3.8) is 0 Å². The van der Waals surface area contributed by atoms with Gasteiger partial charge in [-0.25, -0.2) is 15.0 Å². The van der Waals surface area contributed by atoms with Crippen LogP contribution in [0.2, 0.25) is 0 Å². The molecule has 0 radical (unpaired) electrons. The number of pyridine rings is 1. The maximum absolute atomic E-state index is 5.45. The molecule has 0 spiro atoms. The summed E-state index contributed by atoms with van der Waals surface area (Å²) in [5.74, 6) is 2.95. The van der Waals surface area contributed by atoms with Gasteiger partial charge in [0.2, 0.25) is 0 Å². The SMILES string of the molecule is COc1cc(OC)c2cnc(-c3cccc(N4CCN(C(C)C)CC4)n3)nc2c1. The van der Waals surface area contributed by atoms with E-state index in [1.54, 1.807) is 20.4 Å². The van der Waals surface area contributed by atoms with Crippen LogP contribution in [0.4, 0.5) is 5.82 Å². The van der Waals surface area contributed by atoms with Crippen LogP contribution in [-0.4, -0.2) is 66.3 Å². The first-order valence-corrected chi connectivity index (χ1v) is 9.94. The van der Waals surface area contributed by atoms with Crippen molar-refractivity contribution < 1.29 is 9.47 Å². The highest BCUT2D eigenvalue weighted by Crippen LogP contribution is 2.31. The predicted octanol–water partition coefficient (Wildman–Crippen LogP) is 3.24. The van der Waals surface area contributed by atoms with E-state index in [0.29, 0.717) is 23.4 Å². The fourth-order valence-electron chi connectivity index (χ4n) is 3.68. The van der Waals surface area contributed by atoms with Gasteiger partial charge in [-0.3, -0.25) is 4.90 Å². The minimum Gasteiger partial charge on any atom is -0.497 e.